The number of carbonyl (C=O) groups excluding carboxylic acids is 2. The molecule has 7 nitrogen and oxygen atoms in total. The van der Waals surface area contributed by atoms with Crippen molar-refractivity contribution in [2.45, 2.75) is 75.9 Å². The quantitative estimate of drug-likeness (QED) is 0.642. The molecule has 3 aliphatic carbocycles. The van der Waals surface area contributed by atoms with Gasteiger partial charge in [-0.15, -0.1) is 0 Å². The van der Waals surface area contributed by atoms with Crippen LogP contribution in [0.3, 0.4) is 0 Å². The molecule has 1 heterocycles. The SMILES string of the molecule is O=C(Nc1c2c(cc3c1CCC3)CCC2)NS(=O)(=O)C1CCN(C(=O)C2CCC2)CC1.[K]. The van der Waals surface area contributed by atoms with E-state index >= 15 is 0 Å². The van der Waals surface area contributed by atoms with Crippen LogP contribution in [-0.4, -0.2) is 95.0 Å². The molecule has 0 spiro atoms. The van der Waals surface area contributed by atoms with Crippen LogP contribution in [-0.2, 0) is 40.5 Å². The van der Waals surface area contributed by atoms with Crippen LogP contribution in [0.25, 0.3) is 0 Å². The van der Waals surface area contributed by atoms with Crippen LogP contribution in [0.15, 0.2) is 6.07 Å². The Morgan fingerprint density at radius 2 is 1.47 bits per heavy atom. The molecule has 1 aliphatic heterocycles. The fourth-order valence-electron chi connectivity index (χ4n) is 5.62. The first-order chi connectivity index (χ1) is 14.9. The maximum absolute atomic E-state index is 12.9. The Bertz CT molecular complexity index is 982. The maximum atomic E-state index is 12.9. The van der Waals surface area contributed by atoms with Gasteiger partial charge in [0.1, 0.15) is 0 Å². The van der Waals surface area contributed by atoms with Crippen molar-refractivity contribution in [2.24, 2.45) is 5.92 Å². The monoisotopic (exact) mass is 484 g/mol. The summed E-state index contributed by atoms with van der Waals surface area (Å²) in [5.41, 5.74) is 5.78. The normalized spacial score (nSPS) is 20.7. The molecule has 0 bridgehead atoms. The fourth-order valence-corrected chi connectivity index (χ4v) is 6.93. The number of fused-ring (bicyclic) bond motifs is 2. The van der Waals surface area contributed by atoms with E-state index in [2.05, 4.69) is 16.1 Å². The van der Waals surface area contributed by atoms with E-state index in [4.69, 9.17) is 0 Å². The first kappa shape index (κ1) is 24.7. The molecule has 9 heteroatoms. The second-order valence-corrected chi connectivity index (χ2v) is 11.4. The van der Waals surface area contributed by atoms with Gasteiger partial charge in [-0.25, -0.2) is 17.9 Å². The second kappa shape index (κ2) is 10.0. The van der Waals surface area contributed by atoms with Gasteiger partial charge in [-0.2, -0.15) is 0 Å². The van der Waals surface area contributed by atoms with Crippen LogP contribution in [0.4, 0.5) is 10.5 Å². The van der Waals surface area contributed by atoms with E-state index in [1.807, 2.05) is 0 Å². The number of nitrogens with zero attached hydrogens (tertiary/aromatic N) is 1. The summed E-state index contributed by atoms with van der Waals surface area (Å²) in [6.07, 6.45) is 9.80. The maximum Gasteiger partial charge on any atom is 0.332 e. The minimum Gasteiger partial charge on any atom is -0.342 e. The third-order valence-corrected chi connectivity index (χ3v) is 9.41. The number of likely N-dealkylation sites (tertiary alicyclic amines) is 1. The minimum atomic E-state index is -3.79. The zero-order valence-corrected chi connectivity index (χ0v) is 22.9. The number of hydrogen-bond acceptors (Lipinski definition) is 4. The van der Waals surface area contributed by atoms with E-state index in [0.29, 0.717) is 25.9 Å². The number of carbonyl (C=O) groups is 2. The van der Waals surface area contributed by atoms with Gasteiger partial charge in [-0.05, 0) is 86.5 Å². The minimum absolute atomic E-state index is 0. The van der Waals surface area contributed by atoms with E-state index in [1.165, 1.54) is 22.3 Å². The third kappa shape index (κ3) is 4.84. The zero-order chi connectivity index (χ0) is 21.6. The number of anilines is 1. The number of aryl methyl sites for hydroxylation is 2. The molecule has 169 valence electrons. The molecule has 1 saturated carbocycles. The van der Waals surface area contributed by atoms with Crippen LogP contribution < -0.4 is 10.0 Å². The van der Waals surface area contributed by atoms with Gasteiger partial charge in [0.05, 0.1) is 5.25 Å². The van der Waals surface area contributed by atoms with Crippen molar-refractivity contribution in [2.75, 3.05) is 18.4 Å². The smallest absolute Gasteiger partial charge is 0.332 e. The molecule has 1 aromatic carbocycles. The molecule has 0 atom stereocenters. The molecule has 0 aromatic heterocycles. The summed E-state index contributed by atoms with van der Waals surface area (Å²) in [7, 11) is -3.79. The summed E-state index contributed by atoms with van der Waals surface area (Å²) >= 11 is 0. The molecular formula is C23H31KN3O4S. The Labute approximate surface area is 232 Å². The largest absolute Gasteiger partial charge is 0.342 e. The van der Waals surface area contributed by atoms with Crippen molar-refractivity contribution in [1.29, 1.82) is 0 Å². The number of piperidine rings is 1. The van der Waals surface area contributed by atoms with Crippen molar-refractivity contribution in [3.05, 3.63) is 28.3 Å². The molecule has 1 saturated heterocycles. The van der Waals surface area contributed by atoms with Gasteiger partial charge in [0.15, 0.2) is 0 Å². The average molecular weight is 485 g/mol. The Morgan fingerprint density at radius 3 is 2.00 bits per heavy atom. The topological polar surface area (TPSA) is 95.6 Å². The number of rotatable bonds is 4. The van der Waals surface area contributed by atoms with Gasteiger partial charge >= 0.3 is 6.03 Å². The fraction of sp³-hybridized carbons (Fsp3) is 0.652. The molecule has 2 N–H and O–H groups in total. The molecule has 5 rings (SSSR count). The van der Waals surface area contributed by atoms with Crippen LogP contribution in [0.1, 0.15) is 67.2 Å². The number of urea groups is 1. The molecular weight excluding hydrogens is 453 g/mol. The van der Waals surface area contributed by atoms with Crippen LogP contribution >= 0.6 is 0 Å². The van der Waals surface area contributed by atoms with Crippen molar-refractivity contribution in [3.63, 3.8) is 0 Å². The number of amides is 3. The molecule has 32 heavy (non-hydrogen) atoms. The van der Waals surface area contributed by atoms with Crippen LogP contribution in [0.2, 0.25) is 0 Å². The van der Waals surface area contributed by atoms with Crippen molar-refractivity contribution < 1.29 is 18.0 Å². The Balaban J connectivity index is 0.00000245. The number of nitrogens with one attached hydrogen (secondary N) is 2. The van der Waals surface area contributed by atoms with Crippen molar-refractivity contribution in [3.8, 4) is 0 Å². The Kier molecular flexibility index (Phi) is 7.74. The molecule has 1 radical (unpaired) electrons. The van der Waals surface area contributed by atoms with Gasteiger partial charge in [0.25, 0.3) is 0 Å². The predicted octanol–water partition coefficient (Wildman–Crippen LogP) is 2.53. The summed E-state index contributed by atoms with van der Waals surface area (Å²) in [4.78, 5) is 26.9. The average Bonchev–Trinajstić information content (AvgIpc) is 3.35. The Hall–Kier alpha value is -0.454. The van der Waals surface area contributed by atoms with E-state index in [1.54, 1.807) is 4.90 Å². The molecule has 3 amide bonds. The van der Waals surface area contributed by atoms with Crippen LogP contribution in [0.5, 0.6) is 0 Å². The molecule has 1 aromatic rings. The standard InChI is InChI=1S/C23H31N3O4S.K/c27-22(15-4-1-5-15)26-12-10-18(11-13-26)31(29,30)25-23(28)24-21-19-8-2-6-16(19)14-17-7-3-9-20(17)21;/h14-15,18H,1-13H2,(H2,24,25,28);. The van der Waals surface area contributed by atoms with Gasteiger partial charge in [-0.1, -0.05) is 12.5 Å². The van der Waals surface area contributed by atoms with Gasteiger partial charge in [-0.3, -0.25) is 4.79 Å². The first-order valence-corrected chi connectivity index (χ1v) is 13.2. The van der Waals surface area contributed by atoms with Crippen molar-refractivity contribution >= 4 is 79.0 Å². The molecule has 0 unspecified atom stereocenters. The number of hydrogen-bond donors (Lipinski definition) is 2. The first-order valence-electron chi connectivity index (χ1n) is 11.7. The molecule has 4 aliphatic rings. The number of sulfonamides is 1. The number of benzene rings is 1. The van der Waals surface area contributed by atoms with E-state index < -0.39 is 21.3 Å². The van der Waals surface area contributed by atoms with Gasteiger partial charge in [0, 0.05) is 76.1 Å². The summed E-state index contributed by atoms with van der Waals surface area (Å²) in [5, 5.41) is 2.26. The van der Waals surface area contributed by atoms with Gasteiger partial charge in [0.2, 0.25) is 15.9 Å². The summed E-state index contributed by atoms with van der Waals surface area (Å²) in [5.74, 6) is 0.297. The zero-order valence-electron chi connectivity index (χ0n) is 18.9. The summed E-state index contributed by atoms with van der Waals surface area (Å²) in [6, 6.07) is 1.62. The predicted molar refractivity (Wildman–Crippen MR) is 124 cm³/mol. The van der Waals surface area contributed by atoms with E-state index in [0.717, 1.165) is 63.5 Å². The third-order valence-electron chi connectivity index (χ3n) is 7.59. The van der Waals surface area contributed by atoms with E-state index in [-0.39, 0.29) is 63.2 Å². The Morgan fingerprint density at radius 1 is 0.875 bits per heavy atom. The summed E-state index contributed by atoms with van der Waals surface area (Å²) < 4.78 is 28.0. The summed E-state index contributed by atoms with van der Waals surface area (Å²) in [6.45, 7) is 0.893. The van der Waals surface area contributed by atoms with Crippen molar-refractivity contribution in [1.82, 2.24) is 9.62 Å². The molecule has 2 fully saturated rings. The van der Waals surface area contributed by atoms with Crippen LogP contribution in [0, 0.1) is 5.92 Å². The van der Waals surface area contributed by atoms with E-state index in [9.17, 15) is 18.0 Å². The van der Waals surface area contributed by atoms with Gasteiger partial charge < -0.3 is 10.2 Å². The second-order valence-electron chi connectivity index (χ2n) is 9.49.